The number of aromatic nitrogens is 3. The SMILES string of the molecule is Br.COc1cccc(-c2nnc3n2N=C(c2ccc(Br)cc2)CS3)c1. The third kappa shape index (κ3) is 3.65. The van der Waals surface area contributed by atoms with Gasteiger partial charge in [-0.05, 0) is 29.8 Å². The Labute approximate surface area is 168 Å². The molecule has 5 nitrogen and oxygen atoms in total. The van der Waals surface area contributed by atoms with Crippen molar-refractivity contribution < 1.29 is 4.74 Å². The molecule has 0 saturated carbocycles. The molecular weight excluding hydrogens is 468 g/mol. The highest BCUT2D eigenvalue weighted by atomic mass is 79.9. The van der Waals surface area contributed by atoms with Crippen LogP contribution in [-0.2, 0) is 0 Å². The first-order chi connectivity index (χ1) is 11.7. The van der Waals surface area contributed by atoms with Crippen LogP contribution in [0.4, 0.5) is 0 Å². The van der Waals surface area contributed by atoms with E-state index in [-0.39, 0.29) is 17.0 Å². The molecule has 0 N–H and O–H groups in total. The summed E-state index contributed by atoms with van der Waals surface area (Å²) in [6.45, 7) is 0. The van der Waals surface area contributed by atoms with Gasteiger partial charge in [-0.1, -0.05) is 52.0 Å². The van der Waals surface area contributed by atoms with Crippen molar-refractivity contribution in [2.45, 2.75) is 5.16 Å². The maximum Gasteiger partial charge on any atom is 0.212 e. The largest absolute Gasteiger partial charge is 0.497 e. The topological polar surface area (TPSA) is 52.3 Å². The first kappa shape index (κ1) is 18.2. The molecular formula is C17H14Br2N4OS. The third-order valence-corrected chi connectivity index (χ3v) is 5.14. The molecule has 0 fully saturated rings. The predicted octanol–water partition coefficient (Wildman–Crippen LogP) is 4.65. The lowest BCUT2D eigenvalue weighted by molar-refractivity contribution is 0.415. The van der Waals surface area contributed by atoms with Crippen LogP contribution in [0.5, 0.6) is 5.75 Å². The summed E-state index contributed by atoms with van der Waals surface area (Å²) < 4.78 is 8.15. The van der Waals surface area contributed by atoms with E-state index < -0.39 is 0 Å². The van der Waals surface area contributed by atoms with Gasteiger partial charge in [-0.3, -0.25) is 0 Å². The van der Waals surface area contributed by atoms with Crippen molar-refractivity contribution >= 4 is 50.4 Å². The Morgan fingerprint density at radius 3 is 2.64 bits per heavy atom. The van der Waals surface area contributed by atoms with Crippen molar-refractivity contribution in [2.75, 3.05) is 12.9 Å². The van der Waals surface area contributed by atoms with E-state index in [2.05, 4.69) is 38.3 Å². The standard InChI is InChI=1S/C17H13BrN4OS.BrH/c1-23-14-4-2-3-12(9-14)16-19-20-17-22(16)21-15(10-24-17)11-5-7-13(18)8-6-11;/h2-9H,10H2,1H3;1H. The predicted molar refractivity (Wildman–Crippen MR) is 109 cm³/mol. The minimum atomic E-state index is 0. The Morgan fingerprint density at radius 1 is 1.08 bits per heavy atom. The molecule has 0 unspecified atom stereocenters. The Balaban J connectivity index is 0.00000182. The van der Waals surface area contributed by atoms with E-state index in [1.807, 2.05) is 36.4 Å². The number of hydrogen-bond donors (Lipinski definition) is 0. The van der Waals surface area contributed by atoms with Gasteiger partial charge in [0.1, 0.15) is 5.75 Å². The Bertz CT molecular complexity index is 925. The molecule has 8 heteroatoms. The summed E-state index contributed by atoms with van der Waals surface area (Å²) in [4.78, 5) is 0. The number of nitrogens with zero attached hydrogens (tertiary/aromatic N) is 4. The number of thioether (sulfide) groups is 1. The van der Waals surface area contributed by atoms with E-state index in [1.165, 1.54) is 0 Å². The number of rotatable bonds is 3. The molecule has 0 bridgehead atoms. The number of benzene rings is 2. The van der Waals surface area contributed by atoms with Gasteiger partial charge in [0, 0.05) is 15.8 Å². The van der Waals surface area contributed by atoms with E-state index in [9.17, 15) is 0 Å². The van der Waals surface area contributed by atoms with Gasteiger partial charge in [0.2, 0.25) is 5.16 Å². The fraction of sp³-hybridized carbons (Fsp3) is 0.118. The van der Waals surface area contributed by atoms with Crippen LogP contribution in [0.2, 0.25) is 0 Å². The lowest BCUT2D eigenvalue weighted by Gasteiger charge is -2.14. The molecule has 2 heterocycles. The van der Waals surface area contributed by atoms with Crippen LogP contribution < -0.4 is 4.74 Å². The normalized spacial score (nSPS) is 12.8. The second kappa shape index (κ2) is 7.72. The molecule has 0 aliphatic carbocycles. The number of halogens is 2. The van der Waals surface area contributed by atoms with E-state index in [1.54, 1.807) is 23.5 Å². The van der Waals surface area contributed by atoms with E-state index >= 15 is 0 Å². The molecule has 0 atom stereocenters. The lowest BCUT2D eigenvalue weighted by Crippen LogP contribution is -2.13. The van der Waals surface area contributed by atoms with E-state index in [0.717, 1.165) is 38.0 Å². The van der Waals surface area contributed by atoms with Gasteiger partial charge in [-0.25, -0.2) is 0 Å². The second-order valence-corrected chi connectivity index (χ2v) is 7.05. The number of hydrogen-bond acceptors (Lipinski definition) is 5. The summed E-state index contributed by atoms with van der Waals surface area (Å²) in [7, 11) is 1.65. The van der Waals surface area contributed by atoms with Crippen molar-refractivity contribution in [3.8, 4) is 17.1 Å². The molecule has 25 heavy (non-hydrogen) atoms. The van der Waals surface area contributed by atoms with Gasteiger partial charge in [0.15, 0.2) is 5.82 Å². The van der Waals surface area contributed by atoms with E-state index in [0.29, 0.717) is 5.82 Å². The highest BCUT2D eigenvalue weighted by molar-refractivity contribution is 9.10. The van der Waals surface area contributed by atoms with Gasteiger partial charge in [-0.2, -0.15) is 9.78 Å². The van der Waals surface area contributed by atoms with Gasteiger partial charge in [0.25, 0.3) is 0 Å². The van der Waals surface area contributed by atoms with Crippen molar-refractivity contribution in [2.24, 2.45) is 5.10 Å². The van der Waals surface area contributed by atoms with Crippen LogP contribution in [0.15, 0.2) is 63.3 Å². The fourth-order valence-corrected chi connectivity index (χ4v) is 3.56. The van der Waals surface area contributed by atoms with Gasteiger partial charge >= 0.3 is 0 Å². The van der Waals surface area contributed by atoms with Crippen LogP contribution in [0.1, 0.15) is 5.56 Å². The number of ether oxygens (including phenoxy) is 1. The molecule has 0 spiro atoms. The van der Waals surface area contributed by atoms with Crippen molar-refractivity contribution in [1.82, 2.24) is 14.9 Å². The molecule has 0 saturated heterocycles. The maximum atomic E-state index is 5.30. The Hall–Kier alpha value is -1.64. The number of methoxy groups -OCH3 is 1. The third-order valence-electron chi connectivity index (χ3n) is 3.68. The average molecular weight is 482 g/mol. The summed E-state index contributed by atoms with van der Waals surface area (Å²) in [6.07, 6.45) is 0. The molecule has 1 aliphatic rings. The fourth-order valence-electron chi connectivity index (χ4n) is 2.45. The molecule has 4 rings (SSSR count). The number of fused-ring (bicyclic) bond motifs is 1. The van der Waals surface area contributed by atoms with Crippen LogP contribution in [0, 0.1) is 0 Å². The van der Waals surface area contributed by atoms with Gasteiger partial charge in [-0.15, -0.1) is 27.2 Å². The van der Waals surface area contributed by atoms with Crippen LogP contribution in [0.3, 0.4) is 0 Å². The molecule has 128 valence electrons. The molecule has 1 aromatic heterocycles. The monoisotopic (exact) mass is 480 g/mol. The zero-order valence-electron chi connectivity index (χ0n) is 13.2. The lowest BCUT2D eigenvalue weighted by atomic mass is 10.1. The van der Waals surface area contributed by atoms with E-state index in [4.69, 9.17) is 9.84 Å². The minimum absolute atomic E-state index is 0. The van der Waals surface area contributed by atoms with Gasteiger partial charge in [0.05, 0.1) is 12.8 Å². The first-order valence-corrected chi connectivity index (χ1v) is 9.09. The molecule has 2 aromatic carbocycles. The highest BCUT2D eigenvalue weighted by Crippen LogP contribution is 2.30. The summed E-state index contributed by atoms with van der Waals surface area (Å²) in [6, 6.07) is 15.9. The first-order valence-electron chi connectivity index (χ1n) is 7.31. The van der Waals surface area contributed by atoms with Crippen molar-refractivity contribution in [3.63, 3.8) is 0 Å². The summed E-state index contributed by atoms with van der Waals surface area (Å²) >= 11 is 5.10. The summed E-state index contributed by atoms with van der Waals surface area (Å²) in [5.74, 6) is 2.27. The van der Waals surface area contributed by atoms with Gasteiger partial charge < -0.3 is 4.74 Å². The Morgan fingerprint density at radius 2 is 1.88 bits per heavy atom. The van der Waals surface area contributed by atoms with Crippen molar-refractivity contribution in [3.05, 3.63) is 58.6 Å². The van der Waals surface area contributed by atoms with Crippen LogP contribution in [0.25, 0.3) is 11.4 Å². The molecule has 3 aromatic rings. The molecule has 0 amide bonds. The summed E-state index contributed by atoms with van der Waals surface area (Å²) in [5, 5.41) is 14.1. The van der Waals surface area contributed by atoms with Crippen LogP contribution >= 0.6 is 44.7 Å². The van der Waals surface area contributed by atoms with Crippen molar-refractivity contribution in [1.29, 1.82) is 0 Å². The Kier molecular flexibility index (Phi) is 5.61. The maximum absolute atomic E-state index is 5.30. The zero-order chi connectivity index (χ0) is 16.5. The second-order valence-electron chi connectivity index (χ2n) is 5.19. The smallest absolute Gasteiger partial charge is 0.212 e. The molecule has 1 aliphatic heterocycles. The quantitative estimate of drug-likeness (QED) is 0.546. The summed E-state index contributed by atoms with van der Waals surface area (Å²) in [5.41, 5.74) is 3.03. The average Bonchev–Trinajstić information content (AvgIpc) is 3.05. The zero-order valence-corrected chi connectivity index (χ0v) is 17.3. The minimum Gasteiger partial charge on any atom is -0.497 e. The van der Waals surface area contributed by atoms with Crippen LogP contribution in [-0.4, -0.2) is 33.4 Å². The highest BCUT2D eigenvalue weighted by Gasteiger charge is 2.20. The molecule has 0 radical (unpaired) electrons.